The summed E-state index contributed by atoms with van der Waals surface area (Å²) >= 11 is 1.61. The average Bonchev–Trinajstić information content (AvgIpc) is 3.06. The van der Waals surface area contributed by atoms with Crippen molar-refractivity contribution in [3.63, 3.8) is 0 Å². The number of nitrogens with one attached hydrogen (secondary N) is 2. The molecule has 2 aromatic rings. The molecule has 0 radical (unpaired) electrons. The van der Waals surface area contributed by atoms with E-state index in [0.29, 0.717) is 17.9 Å². The molecule has 0 spiro atoms. The lowest BCUT2D eigenvalue weighted by Crippen LogP contribution is -2.27. The van der Waals surface area contributed by atoms with E-state index in [-0.39, 0.29) is 11.8 Å². The summed E-state index contributed by atoms with van der Waals surface area (Å²) in [5.74, 6) is 0.852. The lowest BCUT2D eigenvalue weighted by Gasteiger charge is -2.11. The van der Waals surface area contributed by atoms with Gasteiger partial charge < -0.3 is 10.6 Å². The van der Waals surface area contributed by atoms with Crippen LogP contribution in [-0.4, -0.2) is 29.5 Å². The zero-order valence-corrected chi connectivity index (χ0v) is 13.3. The van der Waals surface area contributed by atoms with E-state index in [1.807, 2.05) is 18.4 Å². The first-order chi connectivity index (χ1) is 10.1. The lowest BCUT2D eigenvalue weighted by molar-refractivity contribution is 0.0951. The van der Waals surface area contributed by atoms with Crippen molar-refractivity contribution in [1.29, 1.82) is 0 Å². The molecule has 1 amide bonds. The molecule has 0 aromatic carbocycles. The normalized spacial score (nSPS) is 12.0. The van der Waals surface area contributed by atoms with E-state index in [1.165, 1.54) is 0 Å². The number of carbonyl (C=O) groups excluding carboxylic acids is 1. The number of anilines is 1. The fourth-order valence-corrected chi connectivity index (χ4v) is 2.64. The molecule has 0 saturated carbocycles. The van der Waals surface area contributed by atoms with Crippen molar-refractivity contribution >= 4 is 23.1 Å². The third-order valence-corrected chi connectivity index (χ3v) is 4.21. The van der Waals surface area contributed by atoms with Crippen LogP contribution in [0, 0.1) is 0 Å². The highest BCUT2D eigenvalue weighted by atomic mass is 32.1. The molecular weight excluding hydrogens is 284 g/mol. The van der Waals surface area contributed by atoms with Crippen LogP contribution in [0.25, 0.3) is 0 Å². The second-order valence-corrected chi connectivity index (χ2v) is 5.74. The lowest BCUT2D eigenvalue weighted by atomic mass is 10.1. The number of amides is 1. The van der Waals surface area contributed by atoms with Crippen molar-refractivity contribution in [3.05, 3.63) is 40.0 Å². The van der Waals surface area contributed by atoms with Crippen molar-refractivity contribution in [2.45, 2.75) is 26.2 Å². The maximum atomic E-state index is 12.3. The Hall–Kier alpha value is -1.95. The SMILES string of the molecule is CCc1cc(C(=O)NCC(C)c2nccs2)cc(NC)n1. The third-order valence-electron chi connectivity index (χ3n) is 3.20. The quantitative estimate of drug-likeness (QED) is 0.861. The van der Waals surface area contributed by atoms with E-state index in [4.69, 9.17) is 0 Å². The van der Waals surface area contributed by atoms with Crippen LogP contribution < -0.4 is 10.6 Å². The van der Waals surface area contributed by atoms with Gasteiger partial charge in [-0.1, -0.05) is 13.8 Å². The molecule has 0 saturated heterocycles. The first kappa shape index (κ1) is 15.4. The molecule has 21 heavy (non-hydrogen) atoms. The van der Waals surface area contributed by atoms with Gasteiger partial charge in [0.15, 0.2) is 0 Å². The van der Waals surface area contributed by atoms with Crippen molar-refractivity contribution in [3.8, 4) is 0 Å². The standard InChI is InChI=1S/C15H20N4OS/c1-4-12-7-11(8-13(16-3)19-12)14(20)18-9-10(2)15-17-5-6-21-15/h5-8,10H,4,9H2,1-3H3,(H,16,19)(H,18,20). The molecule has 0 fully saturated rings. The van der Waals surface area contributed by atoms with Gasteiger partial charge in [-0.05, 0) is 18.6 Å². The minimum Gasteiger partial charge on any atom is -0.373 e. The number of aryl methyl sites for hydroxylation is 1. The summed E-state index contributed by atoms with van der Waals surface area (Å²) < 4.78 is 0. The first-order valence-electron chi connectivity index (χ1n) is 7.00. The second kappa shape index (κ2) is 7.17. The second-order valence-electron chi connectivity index (χ2n) is 4.82. The zero-order valence-electron chi connectivity index (χ0n) is 12.5. The zero-order chi connectivity index (χ0) is 15.2. The Morgan fingerprint density at radius 3 is 2.86 bits per heavy atom. The van der Waals surface area contributed by atoms with Crippen molar-refractivity contribution in [2.24, 2.45) is 0 Å². The average molecular weight is 304 g/mol. The molecule has 5 nitrogen and oxygen atoms in total. The largest absolute Gasteiger partial charge is 0.373 e. The Balaban J connectivity index is 2.03. The number of aromatic nitrogens is 2. The summed E-state index contributed by atoms with van der Waals surface area (Å²) in [4.78, 5) is 20.9. The molecule has 6 heteroatoms. The van der Waals surface area contributed by atoms with Crippen LogP contribution in [0.1, 0.15) is 40.8 Å². The molecule has 2 heterocycles. The Bertz CT molecular complexity index is 575. The van der Waals surface area contributed by atoms with E-state index in [9.17, 15) is 4.79 Å². The Kier molecular flexibility index (Phi) is 5.27. The van der Waals surface area contributed by atoms with Gasteiger partial charge in [0.1, 0.15) is 5.82 Å². The first-order valence-corrected chi connectivity index (χ1v) is 7.88. The number of rotatable bonds is 6. The van der Waals surface area contributed by atoms with Crippen LogP contribution in [0.5, 0.6) is 0 Å². The van der Waals surface area contributed by atoms with Gasteiger partial charge in [0.2, 0.25) is 0 Å². The fraction of sp³-hybridized carbons (Fsp3) is 0.400. The molecule has 0 aliphatic heterocycles. The minimum absolute atomic E-state index is 0.0768. The summed E-state index contributed by atoms with van der Waals surface area (Å²) in [6.07, 6.45) is 2.58. The highest BCUT2D eigenvalue weighted by Crippen LogP contribution is 2.17. The maximum Gasteiger partial charge on any atom is 0.251 e. The maximum absolute atomic E-state index is 12.3. The summed E-state index contributed by atoms with van der Waals surface area (Å²) in [5, 5.41) is 8.93. The smallest absolute Gasteiger partial charge is 0.251 e. The minimum atomic E-state index is -0.0768. The number of nitrogens with zero attached hydrogens (tertiary/aromatic N) is 2. The van der Waals surface area contributed by atoms with Crippen molar-refractivity contribution in [2.75, 3.05) is 18.9 Å². The molecular formula is C15H20N4OS. The Morgan fingerprint density at radius 1 is 1.43 bits per heavy atom. The van der Waals surface area contributed by atoms with Crippen LogP contribution in [0.2, 0.25) is 0 Å². The topological polar surface area (TPSA) is 66.9 Å². The summed E-state index contributed by atoms with van der Waals surface area (Å²) in [7, 11) is 1.80. The number of thiazole rings is 1. The van der Waals surface area contributed by atoms with E-state index in [0.717, 1.165) is 17.1 Å². The molecule has 112 valence electrons. The van der Waals surface area contributed by atoms with Gasteiger partial charge in [0, 0.05) is 42.3 Å². The summed E-state index contributed by atoms with van der Waals surface area (Å²) in [6, 6.07) is 3.60. The molecule has 0 aliphatic carbocycles. The monoisotopic (exact) mass is 304 g/mol. The number of hydrogen-bond donors (Lipinski definition) is 2. The molecule has 2 N–H and O–H groups in total. The summed E-state index contributed by atoms with van der Waals surface area (Å²) in [6.45, 7) is 4.65. The molecule has 1 unspecified atom stereocenters. The van der Waals surface area contributed by atoms with Crippen molar-refractivity contribution in [1.82, 2.24) is 15.3 Å². The number of hydrogen-bond acceptors (Lipinski definition) is 5. The van der Waals surface area contributed by atoms with Gasteiger partial charge in [-0.3, -0.25) is 4.79 Å². The molecule has 0 aliphatic rings. The van der Waals surface area contributed by atoms with E-state index < -0.39 is 0 Å². The molecule has 0 bridgehead atoms. The highest BCUT2D eigenvalue weighted by Gasteiger charge is 2.12. The van der Waals surface area contributed by atoms with Crippen LogP contribution in [-0.2, 0) is 6.42 Å². The number of carbonyl (C=O) groups is 1. The van der Waals surface area contributed by atoms with Crippen LogP contribution in [0.15, 0.2) is 23.7 Å². The van der Waals surface area contributed by atoms with Gasteiger partial charge in [0.25, 0.3) is 5.91 Å². The fourth-order valence-electron chi connectivity index (χ4n) is 1.94. The molecule has 2 aromatic heterocycles. The predicted molar refractivity (Wildman–Crippen MR) is 86.0 cm³/mol. The van der Waals surface area contributed by atoms with Crippen LogP contribution in [0.3, 0.4) is 0 Å². The van der Waals surface area contributed by atoms with Gasteiger partial charge >= 0.3 is 0 Å². The van der Waals surface area contributed by atoms with E-state index in [2.05, 4.69) is 27.5 Å². The highest BCUT2D eigenvalue weighted by molar-refractivity contribution is 7.09. The van der Waals surface area contributed by atoms with E-state index in [1.54, 1.807) is 30.6 Å². The van der Waals surface area contributed by atoms with Crippen molar-refractivity contribution < 1.29 is 4.79 Å². The summed E-state index contributed by atoms with van der Waals surface area (Å²) in [5.41, 5.74) is 1.54. The number of pyridine rings is 1. The molecule has 2 rings (SSSR count). The Labute approximate surface area is 128 Å². The third kappa shape index (κ3) is 4.01. The van der Waals surface area contributed by atoms with Gasteiger partial charge in [-0.15, -0.1) is 11.3 Å². The molecule has 1 atom stereocenters. The van der Waals surface area contributed by atoms with Gasteiger partial charge in [-0.2, -0.15) is 0 Å². The predicted octanol–water partition coefficient (Wildman–Crippen LogP) is 2.68. The van der Waals surface area contributed by atoms with E-state index >= 15 is 0 Å². The van der Waals surface area contributed by atoms with Crippen LogP contribution >= 0.6 is 11.3 Å². The van der Waals surface area contributed by atoms with Gasteiger partial charge in [-0.25, -0.2) is 9.97 Å². The van der Waals surface area contributed by atoms with Crippen LogP contribution in [0.4, 0.5) is 5.82 Å². The van der Waals surface area contributed by atoms with Gasteiger partial charge in [0.05, 0.1) is 5.01 Å². The Morgan fingerprint density at radius 2 is 2.24 bits per heavy atom.